The number of esters is 1. The average Bonchev–Trinajstić information content (AvgIpc) is 2.66. The van der Waals surface area contributed by atoms with Gasteiger partial charge in [0.25, 0.3) is 5.91 Å². The molecule has 7 heteroatoms. The van der Waals surface area contributed by atoms with Crippen LogP contribution in [0.1, 0.15) is 22.8 Å². The van der Waals surface area contributed by atoms with Crippen molar-refractivity contribution < 1.29 is 28.2 Å². The molecule has 1 atom stereocenters. The van der Waals surface area contributed by atoms with Crippen molar-refractivity contribution in [3.8, 4) is 11.5 Å². The van der Waals surface area contributed by atoms with Crippen LogP contribution >= 0.6 is 0 Å². The smallest absolute Gasteiger partial charge is 0.341 e. The van der Waals surface area contributed by atoms with Gasteiger partial charge in [0.1, 0.15) is 22.9 Å². The van der Waals surface area contributed by atoms with Crippen molar-refractivity contribution in [3.63, 3.8) is 0 Å². The first kappa shape index (κ1) is 19.2. The van der Waals surface area contributed by atoms with Crippen LogP contribution in [0.4, 0.5) is 4.39 Å². The minimum Gasteiger partial charge on any atom is -0.496 e. The molecule has 2 aromatic carbocycles. The van der Waals surface area contributed by atoms with E-state index < -0.39 is 12.1 Å². The van der Waals surface area contributed by atoms with Gasteiger partial charge in [-0.2, -0.15) is 0 Å². The Morgan fingerprint density at radius 2 is 1.81 bits per heavy atom. The highest BCUT2D eigenvalue weighted by Crippen LogP contribution is 2.21. The van der Waals surface area contributed by atoms with E-state index in [4.69, 9.17) is 14.2 Å². The van der Waals surface area contributed by atoms with Crippen LogP contribution in [-0.2, 0) is 16.1 Å². The molecule has 0 saturated carbocycles. The summed E-state index contributed by atoms with van der Waals surface area (Å²) in [4.78, 5) is 23.9. The number of hydrogen-bond acceptors (Lipinski definition) is 5. The van der Waals surface area contributed by atoms with Gasteiger partial charge in [-0.15, -0.1) is 0 Å². The molecule has 0 heterocycles. The molecule has 26 heavy (non-hydrogen) atoms. The third kappa shape index (κ3) is 4.95. The molecule has 0 radical (unpaired) electrons. The van der Waals surface area contributed by atoms with E-state index in [1.807, 2.05) is 0 Å². The highest BCUT2D eigenvalue weighted by Gasteiger charge is 2.16. The summed E-state index contributed by atoms with van der Waals surface area (Å²) in [5.74, 6) is -0.463. The second-order valence-corrected chi connectivity index (χ2v) is 5.46. The number of halogens is 1. The first-order chi connectivity index (χ1) is 12.4. The summed E-state index contributed by atoms with van der Waals surface area (Å²) in [5, 5.41) is 2.72. The molecule has 0 spiro atoms. The maximum absolute atomic E-state index is 12.9. The van der Waals surface area contributed by atoms with Crippen LogP contribution in [0.5, 0.6) is 11.5 Å². The minimum absolute atomic E-state index is 0.198. The molecule has 1 N–H and O–H groups in total. The van der Waals surface area contributed by atoms with Gasteiger partial charge in [0.2, 0.25) is 0 Å². The molecule has 0 saturated heterocycles. The van der Waals surface area contributed by atoms with Gasteiger partial charge in [-0.3, -0.25) is 4.79 Å². The maximum atomic E-state index is 12.9. The van der Waals surface area contributed by atoms with Crippen LogP contribution in [0.3, 0.4) is 0 Å². The number of rotatable bonds is 7. The standard InChI is InChI=1S/C19H20FNO5/c1-12(26-15-7-5-14(20)6-8-15)18(22)21-11-13-4-9-17(24-2)16(10-13)19(23)25-3/h4-10,12H,11H2,1-3H3,(H,21,22)/t12-/m0/s1. The monoisotopic (exact) mass is 361 g/mol. The predicted octanol–water partition coefficient (Wildman–Crippen LogP) is 2.70. The van der Waals surface area contributed by atoms with Gasteiger partial charge in [0.15, 0.2) is 6.10 Å². The zero-order valence-electron chi connectivity index (χ0n) is 14.7. The van der Waals surface area contributed by atoms with Gasteiger partial charge in [-0.25, -0.2) is 9.18 Å². The summed E-state index contributed by atoms with van der Waals surface area (Å²) < 4.78 is 28.2. The van der Waals surface area contributed by atoms with Gasteiger partial charge >= 0.3 is 5.97 Å². The first-order valence-corrected chi connectivity index (χ1v) is 7.89. The van der Waals surface area contributed by atoms with Crippen molar-refractivity contribution in [2.75, 3.05) is 14.2 Å². The van der Waals surface area contributed by atoms with Crippen LogP contribution in [0.2, 0.25) is 0 Å². The number of hydrogen-bond donors (Lipinski definition) is 1. The number of amides is 1. The number of carbonyl (C=O) groups excluding carboxylic acids is 2. The zero-order chi connectivity index (χ0) is 19.1. The fraction of sp³-hybridized carbons (Fsp3) is 0.263. The van der Waals surface area contributed by atoms with E-state index in [0.717, 1.165) is 0 Å². The summed E-state index contributed by atoms with van der Waals surface area (Å²) in [6.45, 7) is 1.79. The molecule has 0 unspecified atom stereocenters. The summed E-state index contributed by atoms with van der Waals surface area (Å²) in [5.41, 5.74) is 0.978. The summed E-state index contributed by atoms with van der Waals surface area (Å²) in [6, 6.07) is 10.4. The Hall–Kier alpha value is -3.09. The summed E-state index contributed by atoms with van der Waals surface area (Å²) in [7, 11) is 2.74. The number of nitrogens with one attached hydrogen (secondary N) is 1. The largest absolute Gasteiger partial charge is 0.496 e. The number of ether oxygens (including phenoxy) is 3. The SMILES string of the molecule is COC(=O)c1cc(CNC(=O)[C@H](C)Oc2ccc(F)cc2)ccc1OC. The van der Waals surface area contributed by atoms with Crippen LogP contribution in [0, 0.1) is 5.82 Å². The van der Waals surface area contributed by atoms with Crippen molar-refractivity contribution in [2.24, 2.45) is 0 Å². The van der Waals surface area contributed by atoms with Crippen LogP contribution in [0.25, 0.3) is 0 Å². The third-order valence-electron chi connectivity index (χ3n) is 3.63. The topological polar surface area (TPSA) is 73.9 Å². The molecular formula is C19H20FNO5. The Balaban J connectivity index is 1.97. The molecule has 6 nitrogen and oxygen atoms in total. The van der Waals surface area contributed by atoms with Crippen molar-refractivity contribution in [1.82, 2.24) is 5.32 Å². The number of methoxy groups -OCH3 is 2. The van der Waals surface area contributed by atoms with Crippen molar-refractivity contribution in [2.45, 2.75) is 19.6 Å². The maximum Gasteiger partial charge on any atom is 0.341 e. The van der Waals surface area contributed by atoms with E-state index in [0.29, 0.717) is 17.1 Å². The Labute approximate surface area is 150 Å². The second kappa shape index (κ2) is 8.84. The molecule has 1 amide bonds. The Kier molecular flexibility index (Phi) is 6.54. The van der Waals surface area contributed by atoms with Crippen molar-refractivity contribution in [1.29, 1.82) is 0 Å². The highest BCUT2D eigenvalue weighted by atomic mass is 19.1. The van der Waals surface area contributed by atoms with Crippen molar-refractivity contribution in [3.05, 3.63) is 59.4 Å². The van der Waals surface area contributed by atoms with Gasteiger partial charge in [0, 0.05) is 6.54 Å². The van der Waals surface area contributed by atoms with E-state index in [2.05, 4.69) is 5.32 Å². The normalized spacial score (nSPS) is 11.4. The van der Waals surface area contributed by atoms with Crippen LogP contribution in [-0.4, -0.2) is 32.2 Å². The van der Waals surface area contributed by atoms with E-state index >= 15 is 0 Å². The highest BCUT2D eigenvalue weighted by molar-refractivity contribution is 5.92. The third-order valence-corrected chi connectivity index (χ3v) is 3.63. The summed E-state index contributed by atoms with van der Waals surface area (Å²) >= 11 is 0. The lowest BCUT2D eigenvalue weighted by Gasteiger charge is -2.15. The predicted molar refractivity (Wildman–Crippen MR) is 92.7 cm³/mol. The Morgan fingerprint density at radius 1 is 1.12 bits per heavy atom. The Morgan fingerprint density at radius 3 is 2.42 bits per heavy atom. The molecule has 2 rings (SSSR count). The zero-order valence-corrected chi connectivity index (χ0v) is 14.7. The van der Waals surface area contributed by atoms with Crippen LogP contribution < -0.4 is 14.8 Å². The first-order valence-electron chi connectivity index (χ1n) is 7.89. The molecule has 0 aromatic heterocycles. The van der Waals surface area contributed by atoms with E-state index in [9.17, 15) is 14.0 Å². The van der Waals surface area contributed by atoms with Gasteiger partial charge in [0.05, 0.1) is 14.2 Å². The molecule has 0 aliphatic rings. The molecule has 0 bridgehead atoms. The van der Waals surface area contributed by atoms with Crippen molar-refractivity contribution >= 4 is 11.9 Å². The van der Waals surface area contributed by atoms with Gasteiger partial charge in [-0.1, -0.05) is 6.07 Å². The molecule has 0 fully saturated rings. The number of benzene rings is 2. The molecule has 0 aliphatic heterocycles. The molecule has 2 aromatic rings. The molecule has 0 aliphatic carbocycles. The fourth-order valence-electron chi connectivity index (χ4n) is 2.24. The van der Waals surface area contributed by atoms with Gasteiger partial charge in [-0.05, 0) is 48.9 Å². The fourth-order valence-corrected chi connectivity index (χ4v) is 2.24. The quantitative estimate of drug-likeness (QED) is 0.768. The average molecular weight is 361 g/mol. The van der Waals surface area contributed by atoms with E-state index in [1.54, 1.807) is 25.1 Å². The Bertz CT molecular complexity index is 776. The summed E-state index contributed by atoms with van der Waals surface area (Å²) in [6.07, 6.45) is -0.765. The van der Waals surface area contributed by atoms with Gasteiger partial charge < -0.3 is 19.5 Å². The van der Waals surface area contributed by atoms with Crippen LogP contribution in [0.15, 0.2) is 42.5 Å². The van der Waals surface area contributed by atoms with E-state index in [1.165, 1.54) is 38.5 Å². The second-order valence-electron chi connectivity index (χ2n) is 5.46. The minimum atomic E-state index is -0.765. The molecule has 138 valence electrons. The lowest BCUT2D eigenvalue weighted by Crippen LogP contribution is -2.35. The molecular weight excluding hydrogens is 341 g/mol. The van der Waals surface area contributed by atoms with E-state index in [-0.39, 0.29) is 23.8 Å². The lowest BCUT2D eigenvalue weighted by molar-refractivity contribution is -0.127. The lowest BCUT2D eigenvalue weighted by atomic mass is 10.1. The number of carbonyl (C=O) groups is 2.